The zero-order valence-electron chi connectivity index (χ0n) is 13.5. The van der Waals surface area contributed by atoms with Gasteiger partial charge in [-0.25, -0.2) is 0 Å². The highest BCUT2D eigenvalue weighted by Crippen LogP contribution is 2.13. The molecule has 0 aliphatic carbocycles. The van der Waals surface area contributed by atoms with Crippen LogP contribution >= 0.6 is 0 Å². The van der Waals surface area contributed by atoms with Gasteiger partial charge in [0.2, 0.25) is 5.91 Å². The Hall–Kier alpha value is -0.610. The third-order valence-corrected chi connectivity index (χ3v) is 3.61. The van der Waals surface area contributed by atoms with E-state index in [0.717, 1.165) is 44.8 Å². The minimum atomic E-state index is -0.561. The maximum atomic E-state index is 11.6. The number of nitrogens with one attached hydrogen (secondary N) is 1. The van der Waals surface area contributed by atoms with Crippen LogP contribution in [0.4, 0.5) is 0 Å². The average Bonchev–Trinajstić information content (AvgIpc) is 2.33. The van der Waals surface area contributed by atoms with Gasteiger partial charge in [-0.05, 0) is 65.2 Å². The minimum Gasteiger partial charge on any atom is -0.368 e. The fourth-order valence-electron chi connectivity index (χ4n) is 1.99. The van der Waals surface area contributed by atoms with Crippen molar-refractivity contribution in [1.29, 1.82) is 0 Å². The molecule has 0 rings (SSSR count). The van der Waals surface area contributed by atoms with Gasteiger partial charge in [-0.3, -0.25) is 4.79 Å². The monoisotopic (exact) mass is 271 g/mol. The van der Waals surface area contributed by atoms with Gasteiger partial charge in [-0.1, -0.05) is 20.8 Å². The lowest BCUT2D eigenvalue weighted by Gasteiger charge is -2.28. The van der Waals surface area contributed by atoms with Crippen LogP contribution in [-0.4, -0.2) is 43.0 Å². The van der Waals surface area contributed by atoms with Gasteiger partial charge in [0.05, 0.1) is 5.54 Å². The molecule has 19 heavy (non-hydrogen) atoms. The molecule has 1 amide bonds. The van der Waals surface area contributed by atoms with Crippen LogP contribution in [0.25, 0.3) is 0 Å². The normalized spacial score (nSPS) is 14.9. The van der Waals surface area contributed by atoms with Crippen molar-refractivity contribution in [3.8, 4) is 0 Å². The van der Waals surface area contributed by atoms with Crippen LogP contribution in [0.1, 0.15) is 53.4 Å². The van der Waals surface area contributed by atoms with E-state index < -0.39 is 5.54 Å². The van der Waals surface area contributed by atoms with Crippen molar-refractivity contribution in [2.45, 2.75) is 58.9 Å². The summed E-state index contributed by atoms with van der Waals surface area (Å²) >= 11 is 0. The van der Waals surface area contributed by atoms with Crippen LogP contribution in [0.2, 0.25) is 0 Å². The molecule has 0 aliphatic rings. The van der Waals surface area contributed by atoms with E-state index in [9.17, 15) is 4.79 Å². The maximum absolute atomic E-state index is 11.6. The van der Waals surface area contributed by atoms with E-state index in [-0.39, 0.29) is 5.91 Å². The predicted octanol–water partition coefficient (Wildman–Crippen LogP) is 1.99. The number of carbonyl (C=O) groups is 1. The van der Waals surface area contributed by atoms with Gasteiger partial charge >= 0.3 is 0 Å². The number of hydrogen-bond donors (Lipinski definition) is 2. The summed E-state index contributed by atoms with van der Waals surface area (Å²) in [6.45, 7) is 11.5. The predicted molar refractivity (Wildman–Crippen MR) is 82.1 cm³/mol. The molecule has 0 radical (unpaired) electrons. The fraction of sp³-hybridized carbons (Fsp3) is 0.933. The molecule has 4 nitrogen and oxygen atoms in total. The molecule has 0 heterocycles. The van der Waals surface area contributed by atoms with E-state index in [1.807, 2.05) is 6.92 Å². The molecule has 0 bridgehead atoms. The molecule has 114 valence electrons. The van der Waals surface area contributed by atoms with Crippen molar-refractivity contribution in [3.63, 3.8) is 0 Å². The summed E-state index contributed by atoms with van der Waals surface area (Å²) in [6, 6.07) is 0. The van der Waals surface area contributed by atoms with E-state index in [1.54, 1.807) is 0 Å². The first-order valence-corrected chi connectivity index (χ1v) is 7.55. The highest BCUT2D eigenvalue weighted by atomic mass is 16.1. The van der Waals surface area contributed by atoms with Gasteiger partial charge in [0, 0.05) is 0 Å². The number of rotatable bonds is 11. The molecule has 0 saturated carbocycles. The SMILES string of the molecule is CCCNC(C)(CCCN(C)CCC(C)C)C(N)=O. The molecule has 0 aromatic carbocycles. The zero-order valence-corrected chi connectivity index (χ0v) is 13.5. The highest BCUT2D eigenvalue weighted by Gasteiger charge is 2.29. The fourth-order valence-corrected chi connectivity index (χ4v) is 1.99. The number of nitrogens with two attached hydrogens (primary N) is 1. The molecule has 1 atom stereocenters. The summed E-state index contributed by atoms with van der Waals surface area (Å²) in [7, 11) is 2.14. The van der Waals surface area contributed by atoms with Crippen LogP contribution in [0.3, 0.4) is 0 Å². The van der Waals surface area contributed by atoms with Crippen molar-refractivity contribution in [3.05, 3.63) is 0 Å². The van der Waals surface area contributed by atoms with E-state index >= 15 is 0 Å². The summed E-state index contributed by atoms with van der Waals surface area (Å²) in [5, 5.41) is 3.28. The molecular formula is C15H33N3O. The first-order chi connectivity index (χ1) is 8.81. The van der Waals surface area contributed by atoms with E-state index in [0.29, 0.717) is 0 Å². The van der Waals surface area contributed by atoms with Gasteiger partial charge in [-0.15, -0.1) is 0 Å². The number of amides is 1. The average molecular weight is 271 g/mol. The number of primary amides is 1. The number of hydrogen-bond acceptors (Lipinski definition) is 3. The lowest BCUT2D eigenvalue weighted by atomic mass is 9.94. The Morgan fingerprint density at radius 3 is 2.47 bits per heavy atom. The molecule has 0 spiro atoms. The van der Waals surface area contributed by atoms with E-state index in [2.05, 4.69) is 38.0 Å². The lowest BCUT2D eigenvalue weighted by Crippen LogP contribution is -2.53. The van der Waals surface area contributed by atoms with Gasteiger partial charge in [-0.2, -0.15) is 0 Å². The number of carbonyl (C=O) groups excluding carboxylic acids is 1. The van der Waals surface area contributed by atoms with Crippen molar-refractivity contribution in [1.82, 2.24) is 10.2 Å². The smallest absolute Gasteiger partial charge is 0.237 e. The van der Waals surface area contributed by atoms with Crippen LogP contribution in [0, 0.1) is 5.92 Å². The third kappa shape index (κ3) is 8.22. The van der Waals surface area contributed by atoms with Crippen molar-refractivity contribution in [2.24, 2.45) is 11.7 Å². The molecule has 3 N–H and O–H groups in total. The standard InChI is InChI=1S/C15H33N3O/c1-6-10-17-15(4,14(16)19)9-7-11-18(5)12-8-13(2)3/h13,17H,6-12H2,1-5H3,(H2,16,19). The minimum absolute atomic E-state index is 0.245. The lowest BCUT2D eigenvalue weighted by molar-refractivity contribution is -0.124. The second-order valence-electron chi connectivity index (χ2n) is 6.21. The Bertz CT molecular complexity index is 256. The van der Waals surface area contributed by atoms with Gasteiger partial charge in [0.25, 0.3) is 0 Å². The quantitative estimate of drug-likeness (QED) is 0.604. The Morgan fingerprint density at radius 2 is 2.00 bits per heavy atom. The summed E-state index contributed by atoms with van der Waals surface area (Å²) < 4.78 is 0. The van der Waals surface area contributed by atoms with Gasteiger partial charge < -0.3 is 16.0 Å². The molecule has 4 heteroatoms. The third-order valence-electron chi connectivity index (χ3n) is 3.61. The Kier molecular flexibility index (Phi) is 9.02. The van der Waals surface area contributed by atoms with Crippen LogP contribution < -0.4 is 11.1 Å². The van der Waals surface area contributed by atoms with Crippen molar-refractivity contribution in [2.75, 3.05) is 26.7 Å². The second kappa shape index (κ2) is 9.32. The molecule has 0 saturated heterocycles. The Morgan fingerprint density at radius 1 is 1.37 bits per heavy atom. The van der Waals surface area contributed by atoms with Crippen molar-refractivity contribution >= 4 is 5.91 Å². The summed E-state index contributed by atoms with van der Waals surface area (Å²) in [5.74, 6) is 0.496. The number of nitrogens with zero attached hydrogens (tertiary/aromatic N) is 1. The molecular weight excluding hydrogens is 238 g/mol. The maximum Gasteiger partial charge on any atom is 0.237 e. The van der Waals surface area contributed by atoms with Crippen LogP contribution in [-0.2, 0) is 4.79 Å². The second-order valence-corrected chi connectivity index (χ2v) is 6.21. The van der Waals surface area contributed by atoms with Gasteiger partial charge in [0.15, 0.2) is 0 Å². The highest BCUT2D eigenvalue weighted by molar-refractivity contribution is 5.84. The van der Waals surface area contributed by atoms with Gasteiger partial charge in [0.1, 0.15) is 0 Å². The van der Waals surface area contributed by atoms with E-state index in [4.69, 9.17) is 5.73 Å². The molecule has 0 aromatic heterocycles. The summed E-state index contributed by atoms with van der Waals surface area (Å²) in [6.07, 6.45) is 4.02. The zero-order chi connectivity index (χ0) is 14.9. The Balaban J connectivity index is 4.02. The largest absolute Gasteiger partial charge is 0.368 e. The van der Waals surface area contributed by atoms with Crippen LogP contribution in [0.15, 0.2) is 0 Å². The molecule has 1 unspecified atom stereocenters. The summed E-state index contributed by atoms with van der Waals surface area (Å²) in [5.41, 5.74) is 4.95. The molecule has 0 aliphatic heterocycles. The summed E-state index contributed by atoms with van der Waals surface area (Å²) in [4.78, 5) is 13.9. The Labute approximate surface area is 119 Å². The van der Waals surface area contributed by atoms with E-state index in [1.165, 1.54) is 6.42 Å². The van der Waals surface area contributed by atoms with Crippen LogP contribution in [0.5, 0.6) is 0 Å². The topological polar surface area (TPSA) is 58.4 Å². The first kappa shape index (κ1) is 18.4. The first-order valence-electron chi connectivity index (χ1n) is 7.55. The molecule has 0 aromatic rings. The van der Waals surface area contributed by atoms with Crippen molar-refractivity contribution < 1.29 is 4.79 Å². The molecule has 0 fully saturated rings.